The first-order valence-electron chi connectivity index (χ1n) is 6.44. The number of ether oxygens (including phenoxy) is 1. The van der Waals surface area contributed by atoms with E-state index in [9.17, 15) is 0 Å². The van der Waals surface area contributed by atoms with Gasteiger partial charge in [-0.15, -0.1) is 0 Å². The second-order valence-corrected chi connectivity index (χ2v) is 5.02. The fourth-order valence-corrected chi connectivity index (χ4v) is 2.54. The Balaban J connectivity index is 2.21. The lowest BCUT2D eigenvalue weighted by Gasteiger charge is -2.26. The molecule has 0 radical (unpaired) electrons. The molecule has 18 heavy (non-hydrogen) atoms. The van der Waals surface area contributed by atoms with E-state index in [1.807, 2.05) is 14.0 Å². The smallest absolute Gasteiger partial charge is 0.123 e. The highest BCUT2D eigenvalue weighted by Gasteiger charge is 2.21. The molecule has 2 rings (SSSR count). The molecule has 1 unspecified atom stereocenters. The van der Waals surface area contributed by atoms with Gasteiger partial charge in [-0.05, 0) is 56.0 Å². The molecule has 1 aromatic carbocycles. The molecular formula is C15H20ClNO. The van der Waals surface area contributed by atoms with E-state index in [0.717, 1.165) is 17.7 Å². The average Bonchev–Trinajstić information content (AvgIpc) is 2.43. The van der Waals surface area contributed by atoms with Gasteiger partial charge in [-0.1, -0.05) is 23.7 Å². The predicted octanol–water partition coefficient (Wildman–Crippen LogP) is 3.80. The van der Waals surface area contributed by atoms with Crippen LogP contribution >= 0.6 is 11.6 Å². The number of nitrogens with one attached hydrogen (secondary N) is 1. The summed E-state index contributed by atoms with van der Waals surface area (Å²) in [4.78, 5) is 0. The van der Waals surface area contributed by atoms with Gasteiger partial charge in [0, 0.05) is 11.6 Å². The third kappa shape index (κ3) is 2.88. The minimum atomic E-state index is 0.460. The Morgan fingerprint density at radius 2 is 2.39 bits per heavy atom. The Kier molecular flexibility index (Phi) is 4.67. The van der Waals surface area contributed by atoms with Crippen molar-refractivity contribution >= 4 is 11.6 Å². The SMILES string of the molecule is CNC1CCCc2c(OC/C(C)=C/Cl)cccc21. The van der Waals surface area contributed by atoms with Crippen LogP contribution in [0.4, 0.5) is 0 Å². The summed E-state index contributed by atoms with van der Waals surface area (Å²) in [6.45, 7) is 2.53. The summed E-state index contributed by atoms with van der Waals surface area (Å²) >= 11 is 5.66. The second kappa shape index (κ2) is 6.26. The highest BCUT2D eigenvalue weighted by atomic mass is 35.5. The van der Waals surface area contributed by atoms with Gasteiger partial charge in [0.25, 0.3) is 0 Å². The lowest BCUT2D eigenvalue weighted by molar-refractivity contribution is 0.343. The lowest BCUT2D eigenvalue weighted by atomic mass is 9.87. The van der Waals surface area contributed by atoms with Crippen LogP contribution in [0, 0.1) is 0 Å². The second-order valence-electron chi connectivity index (χ2n) is 4.80. The molecule has 98 valence electrons. The molecule has 0 aliphatic heterocycles. The van der Waals surface area contributed by atoms with Crippen LogP contribution in [0.3, 0.4) is 0 Å². The number of fused-ring (bicyclic) bond motifs is 1. The summed E-state index contributed by atoms with van der Waals surface area (Å²) < 4.78 is 5.87. The third-order valence-electron chi connectivity index (χ3n) is 3.45. The fourth-order valence-electron chi connectivity index (χ4n) is 2.47. The third-order valence-corrected chi connectivity index (χ3v) is 3.83. The van der Waals surface area contributed by atoms with Crippen molar-refractivity contribution in [3.05, 3.63) is 40.4 Å². The molecule has 2 nitrogen and oxygen atoms in total. The van der Waals surface area contributed by atoms with E-state index in [0.29, 0.717) is 12.6 Å². The Morgan fingerprint density at radius 3 is 3.11 bits per heavy atom. The molecule has 0 fully saturated rings. The monoisotopic (exact) mass is 265 g/mol. The van der Waals surface area contributed by atoms with Crippen molar-refractivity contribution in [2.45, 2.75) is 32.2 Å². The molecule has 1 aliphatic carbocycles. The highest BCUT2D eigenvalue weighted by Crippen LogP contribution is 2.35. The molecule has 0 aromatic heterocycles. The van der Waals surface area contributed by atoms with Gasteiger partial charge >= 0.3 is 0 Å². The van der Waals surface area contributed by atoms with Crippen molar-refractivity contribution in [3.8, 4) is 5.75 Å². The standard InChI is InChI=1S/C15H20ClNO/c1-11(9-16)10-18-15-8-4-5-12-13(15)6-3-7-14(12)17-2/h4-5,8-9,14,17H,3,6-7,10H2,1-2H3/b11-9+. The van der Waals surface area contributed by atoms with E-state index in [-0.39, 0.29) is 0 Å². The van der Waals surface area contributed by atoms with Gasteiger partial charge in [-0.25, -0.2) is 0 Å². The van der Waals surface area contributed by atoms with E-state index in [1.165, 1.54) is 24.0 Å². The van der Waals surface area contributed by atoms with Crippen LogP contribution in [0.5, 0.6) is 5.75 Å². The van der Waals surface area contributed by atoms with E-state index in [2.05, 4.69) is 23.5 Å². The minimum absolute atomic E-state index is 0.460. The molecule has 1 N–H and O–H groups in total. The molecule has 1 aliphatic rings. The normalized spacial score (nSPS) is 19.5. The summed E-state index contributed by atoms with van der Waals surface area (Å²) in [5.74, 6) is 1.00. The van der Waals surface area contributed by atoms with Crippen LogP contribution in [0.1, 0.15) is 36.9 Å². The zero-order valence-corrected chi connectivity index (χ0v) is 11.8. The van der Waals surface area contributed by atoms with E-state index >= 15 is 0 Å². The van der Waals surface area contributed by atoms with Crippen molar-refractivity contribution in [1.29, 1.82) is 0 Å². The quantitative estimate of drug-likeness (QED) is 0.894. The summed E-state index contributed by atoms with van der Waals surface area (Å²) in [6.07, 6.45) is 3.52. The van der Waals surface area contributed by atoms with Crippen molar-refractivity contribution in [3.63, 3.8) is 0 Å². The highest BCUT2D eigenvalue weighted by molar-refractivity contribution is 6.25. The Morgan fingerprint density at radius 1 is 1.56 bits per heavy atom. The van der Waals surface area contributed by atoms with Gasteiger partial charge < -0.3 is 10.1 Å². The summed E-state index contributed by atoms with van der Waals surface area (Å²) in [7, 11) is 2.02. The van der Waals surface area contributed by atoms with Crippen LogP contribution in [0.25, 0.3) is 0 Å². The van der Waals surface area contributed by atoms with E-state index in [1.54, 1.807) is 5.54 Å². The number of hydrogen-bond acceptors (Lipinski definition) is 2. The van der Waals surface area contributed by atoms with Crippen LogP contribution in [-0.4, -0.2) is 13.7 Å². The maximum absolute atomic E-state index is 5.87. The number of benzene rings is 1. The van der Waals surface area contributed by atoms with Crippen LogP contribution < -0.4 is 10.1 Å². The zero-order valence-electron chi connectivity index (χ0n) is 11.0. The average molecular weight is 266 g/mol. The van der Waals surface area contributed by atoms with Gasteiger partial charge in [0.2, 0.25) is 0 Å². The van der Waals surface area contributed by atoms with Crippen molar-refractivity contribution in [1.82, 2.24) is 5.32 Å². The Labute approximate surface area is 114 Å². The Bertz CT molecular complexity index is 442. The van der Waals surface area contributed by atoms with Crippen LogP contribution in [0.2, 0.25) is 0 Å². The molecule has 0 spiro atoms. The molecule has 1 atom stereocenters. The molecule has 0 saturated heterocycles. The first-order chi connectivity index (χ1) is 8.76. The summed E-state index contributed by atoms with van der Waals surface area (Å²) in [5, 5.41) is 3.38. The molecule has 0 heterocycles. The fraction of sp³-hybridized carbons (Fsp3) is 0.467. The number of hydrogen-bond donors (Lipinski definition) is 1. The number of halogens is 1. The van der Waals surface area contributed by atoms with Gasteiger partial charge in [0.15, 0.2) is 0 Å². The number of rotatable bonds is 4. The molecular weight excluding hydrogens is 246 g/mol. The van der Waals surface area contributed by atoms with Gasteiger partial charge in [-0.2, -0.15) is 0 Å². The topological polar surface area (TPSA) is 21.3 Å². The molecule has 3 heteroatoms. The minimum Gasteiger partial charge on any atom is -0.489 e. The van der Waals surface area contributed by atoms with Crippen molar-refractivity contribution < 1.29 is 4.74 Å². The maximum Gasteiger partial charge on any atom is 0.123 e. The van der Waals surface area contributed by atoms with Gasteiger partial charge in [0.05, 0.1) is 0 Å². The molecule has 0 saturated carbocycles. The first kappa shape index (κ1) is 13.4. The largest absolute Gasteiger partial charge is 0.489 e. The molecule has 1 aromatic rings. The molecule has 0 amide bonds. The van der Waals surface area contributed by atoms with Crippen molar-refractivity contribution in [2.24, 2.45) is 0 Å². The Hall–Kier alpha value is -0.990. The van der Waals surface area contributed by atoms with E-state index in [4.69, 9.17) is 16.3 Å². The lowest BCUT2D eigenvalue weighted by Crippen LogP contribution is -2.22. The van der Waals surface area contributed by atoms with Gasteiger partial charge in [-0.3, -0.25) is 0 Å². The van der Waals surface area contributed by atoms with Crippen molar-refractivity contribution in [2.75, 3.05) is 13.7 Å². The predicted molar refractivity (Wildman–Crippen MR) is 76.3 cm³/mol. The summed E-state index contributed by atoms with van der Waals surface area (Å²) in [6, 6.07) is 6.79. The first-order valence-corrected chi connectivity index (χ1v) is 6.87. The summed E-state index contributed by atoms with van der Waals surface area (Å²) in [5.41, 5.74) is 5.35. The maximum atomic E-state index is 5.87. The van der Waals surface area contributed by atoms with Gasteiger partial charge in [0.1, 0.15) is 12.4 Å². The van der Waals surface area contributed by atoms with Crippen LogP contribution in [0.15, 0.2) is 29.3 Å². The van der Waals surface area contributed by atoms with Crippen LogP contribution in [-0.2, 0) is 6.42 Å². The zero-order chi connectivity index (χ0) is 13.0. The van der Waals surface area contributed by atoms with E-state index < -0.39 is 0 Å². The molecule has 0 bridgehead atoms.